The van der Waals surface area contributed by atoms with Gasteiger partial charge in [-0.3, -0.25) is 0 Å². The van der Waals surface area contributed by atoms with E-state index in [1.165, 1.54) is 12.1 Å². The average Bonchev–Trinajstić information content (AvgIpc) is 2.37. The monoisotopic (exact) mass is 292 g/mol. The van der Waals surface area contributed by atoms with Crippen molar-refractivity contribution in [1.29, 1.82) is 0 Å². The molecule has 19 heavy (non-hydrogen) atoms. The fraction of sp³-hybridized carbons (Fsp3) is 0.571. The van der Waals surface area contributed by atoms with Gasteiger partial charge in [0.1, 0.15) is 11.9 Å². The third kappa shape index (κ3) is 2.69. The normalized spacial score (nSPS) is 30.8. The highest BCUT2D eigenvalue weighted by Gasteiger charge is 2.51. The molecule has 0 amide bonds. The summed E-state index contributed by atoms with van der Waals surface area (Å²) in [6.07, 6.45) is -2.73. The maximum absolute atomic E-state index is 12.4. The van der Waals surface area contributed by atoms with Crippen molar-refractivity contribution in [3.05, 3.63) is 29.8 Å². The number of rotatable bonds is 3. The molecule has 106 valence electrons. The van der Waals surface area contributed by atoms with E-state index in [9.17, 15) is 13.2 Å². The molecule has 1 aliphatic carbocycles. The molecule has 0 aliphatic heterocycles. The van der Waals surface area contributed by atoms with Crippen molar-refractivity contribution in [3.63, 3.8) is 0 Å². The molecular formula is C14H16ClF3O. The molecule has 5 heteroatoms. The topological polar surface area (TPSA) is 9.23 Å². The molecule has 0 aromatic heterocycles. The molecule has 1 saturated carbocycles. The van der Waals surface area contributed by atoms with Crippen molar-refractivity contribution in [1.82, 2.24) is 0 Å². The van der Waals surface area contributed by atoms with E-state index in [1.54, 1.807) is 0 Å². The van der Waals surface area contributed by atoms with Crippen molar-refractivity contribution in [2.24, 2.45) is 5.41 Å². The van der Waals surface area contributed by atoms with Gasteiger partial charge in [0.05, 0.1) is 5.56 Å². The van der Waals surface area contributed by atoms with E-state index in [2.05, 4.69) is 0 Å². The Labute approximate surface area is 115 Å². The minimum absolute atomic E-state index is 0.0308. The van der Waals surface area contributed by atoms with Crippen LogP contribution in [0.4, 0.5) is 13.2 Å². The first-order chi connectivity index (χ1) is 8.77. The van der Waals surface area contributed by atoms with E-state index >= 15 is 0 Å². The Morgan fingerprint density at radius 2 is 1.89 bits per heavy atom. The van der Waals surface area contributed by atoms with Gasteiger partial charge in [-0.05, 0) is 30.7 Å². The average molecular weight is 293 g/mol. The zero-order valence-electron chi connectivity index (χ0n) is 10.8. The van der Waals surface area contributed by atoms with Crippen LogP contribution < -0.4 is 4.74 Å². The third-order valence-corrected chi connectivity index (χ3v) is 4.77. The molecule has 0 saturated heterocycles. The van der Waals surface area contributed by atoms with Gasteiger partial charge in [0.15, 0.2) is 0 Å². The van der Waals surface area contributed by atoms with E-state index in [0.717, 1.165) is 25.0 Å². The maximum Gasteiger partial charge on any atom is 0.416 e. The zero-order valence-corrected chi connectivity index (χ0v) is 11.6. The second-order valence-corrected chi connectivity index (χ2v) is 5.72. The lowest BCUT2D eigenvalue weighted by Crippen LogP contribution is -2.55. The first kappa shape index (κ1) is 14.5. The highest BCUT2D eigenvalue weighted by Crippen LogP contribution is 2.49. The lowest BCUT2D eigenvalue weighted by Gasteiger charge is -2.50. The summed E-state index contributed by atoms with van der Waals surface area (Å²) in [6, 6.07) is 4.80. The van der Waals surface area contributed by atoms with Gasteiger partial charge >= 0.3 is 6.18 Å². The van der Waals surface area contributed by atoms with Gasteiger partial charge < -0.3 is 4.74 Å². The maximum atomic E-state index is 12.4. The predicted molar refractivity (Wildman–Crippen MR) is 68.5 cm³/mol. The van der Waals surface area contributed by atoms with Crippen molar-refractivity contribution in [2.75, 3.05) is 0 Å². The number of benzene rings is 1. The smallest absolute Gasteiger partial charge is 0.416 e. The molecule has 0 heterocycles. The SMILES string of the molecule is CCC1(C)C(Cl)CC1Oc1ccc(C(F)(F)F)cc1. The minimum Gasteiger partial charge on any atom is -0.490 e. The summed E-state index contributed by atoms with van der Waals surface area (Å²) in [4.78, 5) is 0. The number of halogens is 4. The minimum atomic E-state index is -4.31. The molecule has 1 nitrogen and oxygen atoms in total. The van der Waals surface area contributed by atoms with E-state index in [-0.39, 0.29) is 16.9 Å². The number of hydrogen-bond acceptors (Lipinski definition) is 1. The molecular weight excluding hydrogens is 277 g/mol. The predicted octanol–water partition coefficient (Wildman–Crippen LogP) is 4.88. The van der Waals surface area contributed by atoms with Crippen LogP contribution in [0.1, 0.15) is 32.3 Å². The van der Waals surface area contributed by atoms with Crippen molar-refractivity contribution >= 4 is 11.6 Å². The van der Waals surface area contributed by atoms with Gasteiger partial charge in [-0.2, -0.15) is 13.2 Å². The Morgan fingerprint density at radius 1 is 1.32 bits per heavy atom. The van der Waals surface area contributed by atoms with E-state index in [0.29, 0.717) is 5.75 Å². The van der Waals surface area contributed by atoms with Crippen molar-refractivity contribution < 1.29 is 17.9 Å². The van der Waals surface area contributed by atoms with Gasteiger partial charge in [-0.1, -0.05) is 13.8 Å². The number of hydrogen-bond donors (Lipinski definition) is 0. The molecule has 1 fully saturated rings. The Balaban J connectivity index is 2.05. The van der Waals surface area contributed by atoms with Crippen LogP contribution in [0.3, 0.4) is 0 Å². The molecule has 1 aromatic carbocycles. The van der Waals surface area contributed by atoms with Gasteiger partial charge in [0.2, 0.25) is 0 Å². The molecule has 1 aromatic rings. The molecule has 0 bridgehead atoms. The fourth-order valence-corrected chi connectivity index (χ4v) is 2.74. The summed E-state index contributed by atoms with van der Waals surface area (Å²) < 4.78 is 43.0. The first-order valence-corrected chi connectivity index (χ1v) is 6.69. The summed E-state index contributed by atoms with van der Waals surface area (Å²) in [7, 11) is 0. The van der Waals surface area contributed by atoms with Crippen molar-refractivity contribution in [2.45, 2.75) is 44.3 Å². The highest BCUT2D eigenvalue weighted by molar-refractivity contribution is 6.21. The van der Waals surface area contributed by atoms with Crippen LogP contribution >= 0.6 is 11.6 Å². The van der Waals surface area contributed by atoms with Gasteiger partial charge in [-0.25, -0.2) is 0 Å². The van der Waals surface area contributed by atoms with Crippen LogP contribution in [-0.4, -0.2) is 11.5 Å². The van der Waals surface area contributed by atoms with Crippen LogP contribution in [0.2, 0.25) is 0 Å². The zero-order chi connectivity index (χ0) is 14.3. The molecule has 3 unspecified atom stereocenters. The van der Waals surface area contributed by atoms with Crippen LogP contribution in [0, 0.1) is 5.41 Å². The van der Waals surface area contributed by atoms with E-state index in [4.69, 9.17) is 16.3 Å². The second-order valence-electron chi connectivity index (χ2n) is 5.19. The molecule has 0 radical (unpaired) electrons. The van der Waals surface area contributed by atoms with E-state index < -0.39 is 11.7 Å². The molecule has 0 N–H and O–H groups in total. The lowest BCUT2D eigenvalue weighted by molar-refractivity contribution is -0.137. The van der Waals surface area contributed by atoms with E-state index in [1.807, 2.05) is 13.8 Å². The van der Waals surface area contributed by atoms with Crippen LogP contribution in [0.15, 0.2) is 24.3 Å². The second kappa shape index (κ2) is 4.89. The number of ether oxygens (including phenoxy) is 1. The van der Waals surface area contributed by atoms with Crippen LogP contribution in [0.25, 0.3) is 0 Å². The fourth-order valence-electron chi connectivity index (χ4n) is 2.29. The quantitative estimate of drug-likeness (QED) is 0.722. The molecule has 0 spiro atoms. The summed E-state index contributed by atoms with van der Waals surface area (Å²) in [6.45, 7) is 4.08. The first-order valence-electron chi connectivity index (χ1n) is 6.25. The summed E-state index contributed by atoms with van der Waals surface area (Å²) >= 11 is 6.17. The van der Waals surface area contributed by atoms with Gasteiger partial charge in [0.25, 0.3) is 0 Å². The third-order valence-electron chi connectivity index (χ3n) is 4.09. The Kier molecular flexibility index (Phi) is 3.74. The summed E-state index contributed by atoms with van der Waals surface area (Å²) in [5, 5.41) is 0.0666. The van der Waals surface area contributed by atoms with Gasteiger partial charge in [0, 0.05) is 17.2 Å². The summed E-state index contributed by atoms with van der Waals surface area (Å²) in [5.41, 5.74) is -0.772. The standard InChI is InChI=1S/C14H16ClF3O/c1-3-13(2)11(15)8-12(13)19-10-6-4-9(5-7-10)14(16,17)18/h4-7,11-12H,3,8H2,1-2H3. The Hall–Kier alpha value is -0.900. The largest absolute Gasteiger partial charge is 0.490 e. The van der Waals surface area contributed by atoms with Crippen LogP contribution in [0.5, 0.6) is 5.75 Å². The summed E-state index contributed by atoms with van der Waals surface area (Å²) in [5.74, 6) is 0.459. The Morgan fingerprint density at radius 3 is 2.32 bits per heavy atom. The molecule has 3 atom stereocenters. The van der Waals surface area contributed by atoms with Crippen LogP contribution in [-0.2, 0) is 6.18 Å². The molecule has 1 aliphatic rings. The Bertz CT molecular complexity index is 443. The van der Waals surface area contributed by atoms with Gasteiger partial charge in [-0.15, -0.1) is 11.6 Å². The number of alkyl halides is 4. The lowest BCUT2D eigenvalue weighted by atomic mass is 9.65. The molecule has 2 rings (SSSR count). The van der Waals surface area contributed by atoms with Crippen molar-refractivity contribution in [3.8, 4) is 5.75 Å². The highest BCUT2D eigenvalue weighted by atomic mass is 35.5.